The highest BCUT2D eigenvalue weighted by atomic mass is 16.6. The normalized spacial score (nSPS) is 40.1. The molecule has 1 amide bonds. The summed E-state index contributed by atoms with van der Waals surface area (Å²) in [4.78, 5) is 71.1. The van der Waals surface area contributed by atoms with Crippen LogP contribution in [-0.4, -0.2) is 119 Å². The molecular formula is C50H77NO12. The maximum Gasteiger partial charge on any atom is 0.329 e. The largest absolute Gasteiger partial charge is 0.460 e. The van der Waals surface area contributed by atoms with Crippen LogP contribution in [0.15, 0.2) is 47.6 Å². The monoisotopic (exact) mass is 884 g/mol. The molecule has 3 fully saturated rings. The maximum absolute atomic E-state index is 14.3. The number of aliphatic hydroxyl groups is 3. The zero-order valence-electron chi connectivity index (χ0n) is 39.3. The first kappa shape index (κ1) is 52.3. The van der Waals surface area contributed by atoms with Gasteiger partial charge in [0.05, 0.1) is 30.5 Å². The molecule has 3 N–H and O–H groups in total. The number of cyclic esters (lactones) is 1. The molecule has 0 spiro atoms. The fourth-order valence-corrected chi connectivity index (χ4v) is 9.78. The summed E-state index contributed by atoms with van der Waals surface area (Å²) in [6, 6.07) is -1.12. The SMILES string of the molecule is CO[C@H]1C[C@@H]2CC[C@@H](C)[C@@](O)(O2)C(=O)C(=O)N2CCCC[C@H]2C(=O)OC([C@H](C)C[C@@H]2CC[C@@H](O)[C@H](OC)C2)CC(=O)[C@H](C)/C=C(\C)[C@@H](O)CC(=O)[C@H](C)C[C@H](C)/C=C/C=C/C=C/1C. The van der Waals surface area contributed by atoms with Crippen molar-refractivity contribution in [3.8, 4) is 0 Å². The number of ketones is 3. The molecule has 3 heterocycles. The number of hydrogen-bond donors (Lipinski definition) is 3. The van der Waals surface area contributed by atoms with Crippen LogP contribution in [-0.2, 0) is 42.9 Å². The molecule has 13 nitrogen and oxygen atoms in total. The molecule has 0 aromatic heterocycles. The van der Waals surface area contributed by atoms with Crippen molar-refractivity contribution in [2.45, 2.75) is 180 Å². The van der Waals surface area contributed by atoms with E-state index < -0.39 is 71.8 Å². The molecule has 4 aliphatic rings. The molecule has 1 aliphatic carbocycles. The van der Waals surface area contributed by atoms with E-state index in [0.29, 0.717) is 63.4 Å². The summed E-state index contributed by atoms with van der Waals surface area (Å²) in [5.74, 6) is -7.36. The Balaban J connectivity index is 1.67. The average Bonchev–Trinajstić information content (AvgIpc) is 3.25. The van der Waals surface area contributed by atoms with E-state index in [4.69, 9.17) is 18.9 Å². The molecule has 0 aromatic carbocycles. The molecule has 354 valence electrons. The van der Waals surface area contributed by atoms with Crippen molar-refractivity contribution in [2.75, 3.05) is 20.8 Å². The lowest BCUT2D eigenvalue weighted by Gasteiger charge is -2.42. The van der Waals surface area contributed by atoms with Crippen LogP contribution in [0.4, 0.5) is 0 Å². The Morgan fingerprint density at radius 1 is 0.841 bits per heavy atom. The number of carbonyl (C=O) groups excluding carboxylic acids is 5. The maximum atomic E-state index is 14.3. The van der Waals surface area contributed by atoms with E-state index >= 15 is 0 Å². The van der Waals surface area contributed by atoms with Crippen LogP contribution < -0.4 is 0 Å². The predicted molar refractivity (Wildman–Crippen MR) is 239 cm³/mol. The lowest BCUT2D eigenvalue weighted by molar-refractivity contribution is -0.265. The molecule has 63 heavy (non-hydrogen) atoms. The van der Waals surface area contributed by atoms with Gasteiger partial charge in [0.15, 0.2) is 0 Å². The third kappa shape index (κ3) is 14.3. The molecule has 14 atom stereocenters. The summed E-state index contributed by atoms with van der Waals surface area (Å²) in [5.41, 5.74) is 1.39. The van der Waals surface area contributed by atoms with Gasteiger partial charge in [-0.15, -0.1) is 0 Å². The minimum atomic E-state index is -2.42. The lowest BCUT2D eigenvalue weighted by Crippen LogP contribution is -2.61. The molecule has 0 aromatic rings. The second-order valence-corrected chi connectivity index (χ2v) is 19.3. The number of Topliss-reactive ketones (excluding diaryl/α,β-unsaturated/α-hetero) is 3. The fourth-order valence-electron chi connectivity index (χ4n) is 9.78. The van der Waals surface area contributed by atoms with Crippen LogP contribution in [0.5, 0.6) is 0 Å². The topological polar surface area (TPSA) is 186 Å². The van der Waals surface area contributed by atoms with Crippen molar-refractivity contribution in [1.82, 2.24) is 4.90 Å². The zero-order chi connectivity index (χ0) is 46.6. The van der Waals surface area contributed by atoms with Gasteiger partial charge in [-0.1, -0.05) is 71.1 Å². The van der Waals surface area contributed by atoms with Gasteiger partial charge >= 0.3 is 5.97 Å². The van der Waals surface area contributed by atoms with Crippen LogP contribution in [0.25, 0.3) is 0 Å². The van der Waals surface area contributed by atoms with E-state index in [1.807, 2.05) is 58.1 Å². The highest BCUT2D eigenvalue weighted by Gasteiger charge is 2.53. The van der Waals surface area contributed by atoms with Gasteiger partial charge in [0.1, 0.15) is 23.7 Å². The molecule has 3 aliphatic heterocycles. The van der Waals surface area contributed by atoms with Crippen LogP contribution in [0.1, 0.15) is 132 Å². The third-order valence-corrected chi connectivity index (χ3v) is 14.2. The molecule has 1 saturated carbocycles. The Hall–Kier alpha value is -3.33. The molecule has 2 bridgehead atoms. The van der Waals surface area contributed by atoms with E-state index in [9.17, 15) is 39.3 Å². The van der Waals surface area contributed by atoms with Crippen LogP contribution in [0, 0.1) is 35.5 Å². The Morgan fingerprint density at radius 3 is 2.27 bits per heavy atom. The number of nitrogens with zero attached hydrogens (tertiary/aromatic N) is 1. The van der Waals surface area contributed by atoms with E-state index in [2.05, 4.69) is 0 Å². The van der Waals surface area contributed by atoms with Gasteiger partial charge in [-0.25, -0.2) is 4.79 Å². The highest BCUT2D eigenvalue weighted by molar-refractivity contribution is 6.39. The quantitative estimate of drug-likeness (QED) is 0.154. The molecule has 0 radical (unpaired) electrons. The predicted octanol–water partition coefficient (Wildman–Crippen LogP) is 6.56. The number of methoxy groups -OCH3 is 2. The van der Waals surface area contributed by atoms with Gasteiger partial charge in [0.25, 0.3) is 11.7 Å². The number of allylic oxidation sites excluding steroid dienone is 6. The first-order valence-corrected chi connectivity index (χ1v) is 23.4. The second-order valence-electron chi connectivity index (χ2n) is 19.3. The summed E-state index contributed by atoms with van der Waals surface area (Å²) in [7, 11) is 3.15. The van der Waals surface area contributed by atoms with Crippen molar-refractivity contribution < 1.29 is 58.2 Å². The molecule has 13 heteroatoms. The Bertz CT molecular complexity index is 1700. The zero-order valence-corrected chi connectivity index (χ0v) is 39.3. The van der Waals surface area contributed by atoms with Crippen LogP contribution in [0.3, 0.4) is 0 Å². The van der Waals surface area contributed by atoms with E-state index in [0.717, 1.165) is 12.0 Å². The summed E-state index contributed by atoms with van der Waals surface area (Å²) in [5, 5.41) is 33.5. The first-order valence-electron chi connectivity index (χ1n) is 23.4. The summed E-state index contributed by atoms with van der Waals surface area (Å²) in [6.07, 6.45) is 13.0. The van der Waals surface area contributed by atoms with Crippen LogP contribution >= 0.6 is 0 Å². The molecular weight excluding hydrogens is 807 g/mol. The standard InChI is InChI=1S/C50H77NO12/c1-30-15-11-10-12-16-31(2)44(60-8)27-38-20-18-36(7)50(59,63-38)47(56)48(57)51-22-14-13-17-39(51)49(58)62-45(35(6)25-37-19-21-40(52)46(26-37)61-9)29-43(55)34(5)24-33(4)42(54)28-41(53)32(3)23-30/h10-12,15-16,24,30,32,34-40,42,44-46,52,54,59H,13-14,17-23,25-29H2,1-9H3/b12-10+,15-11+,31-16+,33-24+/t30-,32-,34-,35-,36-,37+,38+,39+,40-,42+,44+,45?,46-,50-/m1/s1. The second kappa shape index (κ2) is 24.3. The average molecular weight is 884 g/mol. The van der Waals surface area contributed by atoms with Crippen molar-refractivity contribution >= 4 is 29.2 Å². The van der Waals surface area contributed by atoms with Crippen LogP contribution in [0.2, 0.25) is 0 Å². The number of esters is 1. The Labute approximate surface area is 375 Å². The minimum absolute atomic E-state index is 0.0725. The number of amides is 1. The van der Waals surface area contributed by atoms with Crippen molar-refractivity contribution in [3.05, 3.63) is 47.6 Å². The number of ether oxygens (including phenoxy) is 4. The highest BCUT2D eigenvalue weighted by Crippen LogP contribution is 2.37. The van der Waals surface area contributed by atoms with E-state index in [-0.39, 0.29) is 67.1 Å². The van der Waals surface area contributed by atoms with Gasteiger partial charge in [0.2, 0.25) is 5.79 Å². The Kier molecular flexibility index (Phi) is 20.1. The van der Waals surface area contributed by atoms with Gasteiger partial charge < -0.3 is 39.2 Å². The first-order chi connectivity index (χ1) is 29.8. The van der Waals surface area contributed by atoms with Crippen molar-refractivity contribution in [1.29, 1.82) is 0 Å². The van der Waals surface area contributed by atoms with E-state index in [1.54, 1.807) is 41.1 Å². The number of piperidine rings is 1. The number of fused-ring (bicyclic) bond motifs is 3. The molecule has 2 saturated heterocycles. The lowest BCUT2D eigenvalue weighted by atomic mass is 9.78. The van der Waals surface area contributed by atoms with Gasteiger partial charge in [-0.05, 0) is 107 Å². The summed E-state index contributed by atoms with van der Waals surface area (Å²) >= 11 is 0. The molecule has 1 unspecified atom stereocenters. The van der Waals surface area contributed by atoms with Crippen molar-refractivity contribution in [2.24, 2.45) is 35.5 Å². The molecule has 4 rings (SSSR count). The van der Waals surface area contributed by atoms with Gasteiger partial charge in [-0.3, -0.25) is 19.2 Å². The minimum Gasteiger partial charge on any atom is -0.460 e. The van der Waals surface area contributed by atoms with Gasteiger partial charge in [0, 0.05) is 57.8 Å². The van der Waals surface area contributed by atoms with Gasteiger partial charge in [-0.2, -0.15) is 0 Å². The summed E-state index contributed by atoms with van der Waals surface area (Å²) in [6.45, 7) is 12.9. The number of rotatable bonds is 5. The fraction of sp³-hybridized carbons (Fsp3) is 0.740. The van der Waals surface area contributed by atoms with E-state index in [1.165, 1.54) is 4.90 Å². The number of hydrogen-bond acceptors (Lipinski definition) is 12. The smallest absolute Gasteiger partial charge is 0.329 e. The summed E-state index contributed by atoms with van der Waals surface area (Å²) < 4.78 is 23.8. The Morgan fingerprint density at radius 2 is 1.57 bits per heavy atom. The van der Waals surface area contributed by atoms with Crippen molar-refractivity contribution in [3.63, 3.8) is 0 Å². The number of aliphatic hydroxyl groups excluding tert-OH is 2. The third-order valence-electron chi connectivity index (χ3n) is 14.2. The number of carbonyl (C=O) groups is 5.